The van der Waals surface area contributed by atoms with E-state index >= 15 is 0 Å². The first-order valence-corrected chi connectivity index (χ1v) is 6.16. The second kappa shape index (κ2) is 6.98. The van der Waals surface area contributed by atoms with E-state index in [1.54, 1.807) is 0 Å². The maximum atomic E-state index is 13.5. The summed E-state index contributed by atoms with van der Waals surface area (Å²) in [4.78, 5) is 24.3. The Kier molecular flexibility index (Phi) is 5.60. The van der Waals surface area contributed by atoms with Crippen LogP contribution in [0, 0.1) is 11.6 Å². The number of rotatable bonds is 5. The number of amides is 2. The molecule has 8 heteroatoms. The van der Waals surface area contributed by atoms with Gasteiger partial charge in [0.1, 0.15) is 11.6 Å². The normalized spacial score (nSPS) is 12.1. The van der Waals surface area contributed by atoms with Crippen molar-refractivity contribution in [2.45, 2.75) is 13.0 Å². The summed E-state index contributed by atoms with van der Waals surface area (Å²) in [5.41, 5.74) is -1.11. The highest BCUT2D eigenvalue weighted by atomic mass is 19.1. The van der Waals surface area contributed by atoms with Gasteiger partial charge in [-0.2, -0.15) is 0 Å². The number of nitrogens with zero attached hydrogens (tertiary/aromatic N) is 1. The topological polar surface area (TPSA) is 81.7 Å². The van der Waals surface area contributed by atoms with Gasteiger partial charge >= 0.3 is 12.0 Å². The molecule has 0 radical (unpaired) electrons. The van der Waals surface area contributed by atoms with Crippen LogP contribution in [-0.2, 0) is 0 Å². The molecule has 6 nitrogen and oxygen atoms in total. The van der Waals surface area contributed by atoms with Crippen LogP contribution in [0.2, 0.25) is 0 Å². The molecule has 1 unspecified atom stereocenters. The molecule has 0 aromatic heterocycles. The maximum absolute atomic E-state index is 13.5. The minimum atomic E-state index is -1.54. The van der Waals surface area contributed by atoms with Crippen LogP contribution in [0.4, 0.5) is 19.3 Å². The number of likely N-dealkylation sites (N-methyl/N-ethyl adjacent to an activating group) is 1. The van der Waals surface area contributed by atoms with Crippen LogP contribution in [0.15, 0.2) is 12.1 Å². The van der Waals surface area contributed by atoms with E-state index in [4.69, 9.17) is 5.11 Å². The van der Waals surface area contributed by atoms with Crippen LogP contribution in [0.5, 0.6) is 0 Å². The molecule has 1 rings (SSSR count). The standard InChI is InChI=1S/C13H17F2N3O3/c1-7(18(2)3)6-16-13(21)17-11-4-8(12(19)20)9(14)5-10(11)15/h4-5,7H,6H2,1-3H3,(H,19,20)(H2,16,17,21). The average Bonchev–Trinajstić information content (AvgIpc) is 2.38. The van der Waals surface area contributed by atoms with Crippen LogP contribution < -0.4 is 10.6 Å². The monoisotopic (exact) mass is 301 g/mol. The number of carbonyl (C=O) groups is 2. The van der Waals surface area contributed by atoms with E-state index in [2.05, 4.69) is 10.6 Å². The van der Waals surface area contributed by atoms with Gasteiger partial charge in [0.15, 0.2) is 0 Å². The van der Waals surface area contributed by atoms with E-state index < -0.39 is 34.9 Å². The second-order valence-corrected chi connectivity index (χ2v) is 4.76. The lowest BCUT2D eigenvalue weighted by atomic mass is 10.2. The fraction of sp³-hybridized carbons (Fsp3) is 0.385. The summed E-state index contributed by atoms with van der Waals surface area (Å²) in [6.45, 7) is 2.19. The lowest BCUT2D eigenvalue weighted by Crippen LogP contribution is -2.40. The Labute approximate surface area is 120 Å². The van der Waals surface area contributed by atoms with Crippen molar-refractivity contribution in [1.82, 2.24) is 10.2 Å². The van der Waals surface area contributed by atoms with Gasteiger partial charge in [-0.3, -0.25) is 0 Å². The molecular weight excluding hydrogens is 284 g/mol. The number of carboxylic acid groups (broad SMARTS) is 1. The highest BCUT2D eigenvalue weighted by molar-refractivity contribution is 5.93. The van der Waals surface area contributed by atoms with Gasteiger partial charge in [-0.25, -0.2) is 18.4 Å². The van der Waals surface area contributed by atoms with Crippen molar-refractivity contribution in [1.29, 1.82) is 0 Å². The van der Waals surface area contributed by atoms with Crippen LogP contribution in [0.25, 0.3) is 0 Å². The molecular formula is C13H17F2N3O3. The first kappa shape index (κ1) is 16.8. The first-order chi connectivity index (χ1) is 9.72. The number of carbonyl (C=O) groups excluding carboxylic acids is 1. The van der Waals surface area contributed by atoms with Crippen LogP contribution >= 0.6 is 0 Å². The summed E-state index contributed by atoms with van der Waals surface area (Å²) in [5.74, 6) is -3.79. The van der Waals surface area contributed by atoms with Crippen LogP contribution in [-0.4, -0.2) is 48.7 Å². The predicted molar refractivity (Wildman–Crippen MR) is 73.5 cm³/mol. The quantitative estimate of drug-likeness (QED) is 0.773. The number of aromatic carboxylic acids is 1. The van der Waals surface area contributed by atoms with Gasteiger partial charge < -0.3 is 20.6 Å². The molecule has 0 heterocycles. The Morgan fingerprint density at radius 1 is 1.29 bits per heavy atom. The summed E-state index contributed by atoms with van der Waals surface area (Å²) in [6, 6.07) is 0.512. The molecule has 1 atom stereocenters. The van der Waals surface area contributed by atoms with Crippen molar-refractivity contribution in [2.75, 3.05) is 26.0 Å². The molecule has 116 valence electrons. The molecule has 0 bridgehead atoms. The molecule has 0 saturated heterocycles. The molecule has 0 fully saturated rings. The van der Waals surface area contributed by atoms with E-state index in [-0.39, 0.29) is 6.04 Å². The molecule has 3 N–H and O–H groups in total. The number of anilines is 1. The molecule has 0 aliphatic carbocycles. The minimum absolute atomic E-state index is 0.0587. The lowest BCUT2D eigenvalue weighted by molar-refractivity contribution is 0.0692. The molecule has 21 heavy (non-hydrogen) atoms. The molecule has 1 aromatic carbocycles. The third-order valence-electron chi connectivity index (χ3n) is 2.97. The molecule has 0 spiro atoms. The largest absolute Gasteiger partial charge is 0.478 e. The zero-order valence-electron chi connectivity index (χ0n) is 11.9. The van der Waals surface area contributed by atoms with E-state index in [0.29, 0.717) is 12.6 Å². The lowest BCUT2D eigenvalue weighted by Gasteiger charge is -2.20. The van der Waals surface area contributed by atoms with Gasteiger partial charge in [-0.15, -0.1) is 0 Å². The van der Waals surface area contributed by atoms with Gasteiger partial charge in [-0.1, -0.05) is 0 Å². The SMILES string of the molecule is CC(CNC(=O)Nc1cc(C(=O)O)c(F)cc1F)N(C)C. The number of benzene rings is 1. The Morgan fingerprint density at radius 3 is 2.43 bits per heavy atom. The summed E-state index contributed by atoms with van der Waals surface area (Å²) < 4.78 is 26.7. The Morgan fingerprint density at radius 2 is 1.90 bits per heavy atom. The predicted octanol–water partition coefficient (Wildman–Crippen LogP) is 1.73. The number of halogens is 2. The zero-order chi connectivity index (χ0) is 16.2. The summed E-state index contributed by atoms with van der Waals surface area (Å²) >= 11 is 0. The van der Waals surface area contributed by atoms with E-state index in [0.717, 1.165) is 6.07 Å². The summed E-state index contributed by atoms with van der Waals surface area (Å²) in [7, 11) is 3.67. The number of carboxylic acids is 1. The van der Waals surface area contributed by atoms with Crippen molar-refractivity contribution in [3.63, 3.8) is 0 Å². The van der Waals surface area contributed by atoms with Crippen molar-refractivity contribution < 1.29 is 23.5 Å². The van der Waals surface area contributed by atoms with Crippen LogP contribution in [0.3, 0.4) is 0 Å². The third-order valence-corrected chi connectivity index (χ3v) is 2.97. The molecule has 0 saturated carbocycles. The smallest absolute Gasteiger partial charge is 0.338 e. The highest BCUT2D eigenvalue weighted by Gasteiger charge is 2.16. The number of urea groups is 1. The van der Waals surface area contributed by atoms with Gasteiger partial charge in [0, 0.05) is 18.7 Å². The Bertz CT molecular complexity index is 550. The fourth-order valence-electron chi connectivity index (χ4n) is 1.40. The average molecular weight is 301 g/mol. The molecule has 0 aliphatic heterocycles. The van der Waals surface area contributed by atoms with Crippen molar-refractivity contribution >= 4 is 17.7 Å². The second-order valence-electron chi connectivity index (χ2n) is 4.76. The third kappa shape index (κ3) is 4.67. The van der Waals surface area contributed by atoms with E-state index in [9.17, 15) is 18.4 Å². The Balaban J connectivity index is 2.76. The summed E-state index contributed by atoms with van der Waals surface area (Å²) in [5, 5.41) is 13.4. The summed E-state index contributed by atoms with van der Waals surface area (Å²) in [6.07, 6.45) is 0. The molecule has 0 aliphatic rings. The zero-order valence-corrected chi connectivity index (χ0v) is 11.9. The Hall–Kier alpha value is -2.22. The minimum Gasteiger partial charge on any atom is -0.478 e. The number of hydrogen-bond donors (Lipinski definition) is 3. The number of hydrogen-bond acceptors (Lipinski definition) is 3. The van der Waals surface area contributed by atoms with Gasteiger partial charge in [0.2, 0.25) is 0 Å². The number of nitrogens with one attached hydrogen (secondary N) is 2. The van der Waals surface area contributed by atoms with Gasteiger partial charge in [-0.05, 0) is 27.1 Å². The van der Waals surface area contributed by atoms with E-state index in [1.165, 1.54) is 0 Å². The molecule has 2 amide bonds. The first-order valence-electron chi connectivity index (χ1n) is 6.16. The maximum Gasteiger partial charge on any atom is 0.338 e. The fourth-order valence-corrected chi connectivity index (χ4v) is 1.40. The highest BCUT2D eigenvalue weighted by Crippen LogP contribution is 2.19. The van der Waals surface area contributed by atoms with Gasteiger partial charge in [0.25, 0.3) is 0 Å². The van der Waals surface area contributed by atoms with Gasteiger partial charge in [0.05, 0.1) is 11.3 Å². The van der Waals surface area contributed by atoms with Crippen molar-refractivity contribution in [3.8, 4) is 0 Å². The van der Waals surface area contributed by atoms with Crippen molar-refractivity contribution in [2.24, 2.45) is 0 Å². The molecule has 1 aromatic rings. The van der Waals surface area contributed by atoms with Crippen molar-refractivity contribution in [3.05, 3.63) is 29.3 Å². The van der Waals surface area contributed by atoms with Crippen LogP contribution in [0.1, 0.15) is 17.3 Å². The van der Waals surface area contributed by atoms with E-state index in [1.807, 2.05) is 25.9 Å².